The predicted octanol–water partition coefficient (Wildman–Crippen LogP) is 7.63. The summed E-state index contributed by atoms with van der Waals surface area (Å²) in [5.41, 5.74) is 3.77. The minimum absolute atomic E-state index is 0.676. The molecule has 0 N–H and O–H groups in total. The summed E-state index contributed by atoms with van der Waals surface area (Å²) in [7, 11) is 0. The molecule has 0 aromatic heterocycles. The molecule has 0 saturated heterocycles. The topological polar surface area (TPSA) is 18.5 Å². The van der Waals surface area contributed by atoms with Crippen LogP contribution in [0.5, 0.6) is 11.5 Å². The van der Waals surface area contributed by atoms with Crippen molar-refractivity contribution in [1.82, 2.24) is 0 Å². The Bertz CT molecular complexity index is 960. The summed E-state index contributed by atoms with van der Waals surface area (Å²) in [5.74, 6) is 2.47. The van der Waals surface area contributed by atoms with Crippen molar-refractivity contribution in [2.24, 2.45) is 5.92 Å². The van der Waals surface area contributed by atoms with E-state index in [1.54, 1.807) is 0 Å². The second-order valence-corrected chi connectivity index (χ2v) is 9.19. The quantitative estimate of drug-likeness (QED) is 0.414. The molecule has 3 aromatic rings. The van der Waals surface area contributed by atoms with Crippen molar-refractivity contribution >= 4 is 0 Å². The van der Waals surface area contributed by atoms with E-state index in [2.05, 4.69) is 43.3 Å². The lowest BCUT2D eigenvalue weighted by Gasteiger charge is -2.30. The fourth-order valence-electron chi connectivity index (χ4n) is 5.35. The Balaban J connectivity index is 1.34. The highest BCUT2D eigenvalue weighted by Gasteiger charge is 2.43. The van der Waals surface area contributed by atoms with Gasteiger partial charge >= 0.3 is 0 Å². The van der Waals surface area contributed by atoms with Gasteiger partial charge in [-0.15, -0.1) is 0 Å². The molecule has 2 nitrogen and oxygen atoms in total. The molecular weight excluding hydrogens is 380 g/mol. The molecule has 2 aliphatic rings. The first-order valence-corrected chi connectivity index (χ1v) is 11.9. The van der Waals surface area contributed by atoms with Crippen molar-refractivity contribution in [2.75, 3.05) is 0 Å². The van der Waals surface area contributed by atoms with E-state index >= 15 is 0 Å². The van der Waals surface area contributed by atoms with Gasteiger partial charge in [0.15, 0.2) is 11.5 Å². The van der Waals surface area contributed by atoms with Crippen LogP contribution in [0.15, 0.2) is 78.9 Å². The Morgan fingerprint density at radius 2 is 1.35 bits per heavy atom. The van der Waals surface area contributed by atoms with Crippen LogP contribution in [0, 0.1) is 5.92 Å². The molecule has 0 radical (unpaired) electrons. The lowest BCUT2D eigenvalue weighted by atomic mass is 9.77. The molecule has 5 rings (SSSR count). The number of ether oxygens (including phenoxy) is 2. The zero-order valence-corrected chi connectivity index (χ0v) is 18.4. The van der Waals surface area contributed by atoms with Gasteiger partial charge in [-0.05, 0) is 60.8 Å². The molecule has 1 fully saturated rings. The Hall–Kier alpha value is -2.74. The molecule has 0 bridgehead atoms. The van der Waals surface area contributed by atoms with Crippen molar-refractivity contribution in [3.63, 3.8) is 0 Å². The van der Waals surface area contributed by atoms with Gasteiger partial charge in [-0.2, -0.15) is 0 Å². The number of para-hydroxylation sites is 2. The Morgan fingerprint density at radius 3 is 1.97 bits per heavy atom. The van der Waals surface area contributed by atoms with Gasteiger partial charge in [-0.1, -0.05) is 86.5 Å². The van der Waals surface area contributed by atoms with E-state index in [9.17, 15) is 0 Å². The lowest BCUT2D eigenvalue weighted by molar-refractivity contribution is -0.0855. The van der Waals surface area contributed by atoms with Gasteiger partial charge in [0.2, 0.25) is 0 Å². The maximum Gasteiger partial charge on any atom is 0.282 e. The predicted molar refractivity (Wildman–Crippen MR) is 126 cm³/mol. The molecule has 1 heterocycles. The van der Waals surface area contributed by atoms with E-state index in [-0.39, 0.29) is 0 Å². The van der Waals surface area contributed by atoms with Crippen molar-refractivity contribution in [3.8, 4) is 11.5 Å². The highest BCUT2D eigenvalue weighted by molar-refractivity contribution is 5.45. The van der Waals surface area contributed by atoms with Crippen LogP contribution in [0.25, 0.3) is 0 Å². The number of hydrogen-bond acceptors (Lipinski definition) is 2. The fourth-order valence-corrected chi connectivity index (χ4v) is 5.35. The first-order valence-electron chi connectivity index (χ1n) is 11.9. The number of fused-ring (bicyclic) bond motifs is 1. The van der Waals surface area contributed by atoms with Crippen LogP contribution in [0.1, 0.15) is 68.1 Å². The van der Waals surface area contributed by atoms with E-state index in [4.69, 9.17) is 9.47 Å². The summed E-state index contributed by atoms with van der Waals surface area (Å²) in [6, 6.07) is 27.5. The summed E-state index contributed by atoms with van der Waals surface area (Å²) in [6.07, 6.45) is 8.83. The van der Waals surface area contributed by atoms with Gasteiger partial charge in [0, 0.05) is 5.56 Å². The number of hydrogen-bond donors (Lipinski definition) is 0. The molecule has 0 amide bonds. The highest BCUT2D eigenvalue weighted by Crippen LogP contribution is 2.45. The molecule has 0 atom stereocenters. The number of rotatable bonds is 6. The first kappa shape index (κ1) is 20.2. The van der Waals surface area contributed by atoms with Crippen molar-refractivity contribution < 1.29 is 9.47 Å². The van der Waals surface area contributed by atoms with Crippen LogP contribution in [0.2, 0.25) is 0 Å². The minimum atomic E-state index is -0.815. The molecule has 31 heavy (non-hydrogen) atoms. The highest BCUT2D eigenvalue weighted by atomic mass is 16.7. The Labute approximate surface area is 186 Å². The Kier molecular flexibility index (Phi) is 5.72. The van der Waals surface area contributed by atoms with Gasteiger partial charge in [0.25, 0.3) is 5.79 Å². The van der Waals surface area contributed by atoms with Crippen LogP contribution in [0.4, 0.5) is 0 Å². The molecule has 1 saturated carbocycles. The van der Waals surface area contributed by atoms with Crippen LogP contribution < -0.4 is 9.47 Å². The maximum absolute atomic E-state index is 6.44. The lowest BCUT2D eigenvalue weighted by Crippen LogP contribution is -2.38. The summed E-state index contributed by atoms with van der Waals surface area (Å²) in [4.78, 5) is 0. The maximum atomic E-state index is 6.44. The van der Waals surface area contributed by atoms with E-state index in [0.29, 0.717) is 12.3 Å². The standard InChI is InChI=1S/C29H32O2/c1-2-8-22-13-17-24(18-14-22)25-19-15-23(16-20-25)21-29(26-9-4-3-5-10-26)30-27-11-6-7-12-28(27)31-29/h3-7,9-12,15-16,19-20,22,24H,2,8,13-14,17-18,21H2,1H3. The smallest absolute Gasteiger partial charge is 0.282 e. The van der Waals surface area contributed by atoms with Crippen LogP contribution in [-0.4, -0.2) is 0 Å². The van der Waals surface area contributed by atoms with Crippen LogP contribution >= 0.6 is 0 Å². The van der Waals surface area contributed by atoms with Gasteiger partial charge in [0.1, 0.15) is 0 Å². The zero-order valence-electron chi connectivity index (χ0n) is 18.4. The van der Waals surface area contributed by atoms with Gasteiger partial charge in [0.05, 0.1) is 6.42 Å². The molecule has 0 unspecified atom stereocenters. The second-order valence-electron chi connectivity index (χ2n) is 9.19. The van der Waals surface area contributed by atoms with Crippen molar-refractivity contribution in [3.05, 3.63) is 95.6 Å². The van der Waals surface area contributed by atoms with Gasteiger partial charge in [-0.25, -0.2) is 0 Å². The van der Waals surface area contributed by atoms with Crippen molar-refractivity contribution in [1.29, 1.82) is 0 Å². The summed E-state index contributed by atoms with van der Waals surface area (Å²) < 4.78 is 12.9. The molecule has 0 spiro atoms. The Morgan fingerprint density at radius 1 is 0.742 bits per heavy atom. The zero-order chi connectivity index (χ0) is 21.1. The van der Waals surface area contributed by atoms with Crippen LogP contribution in [0.3, 0.4) is 0 Å². The average molecular weight is 413 g/mol. The third kappa shape index (κ3) is 4.21. The SMILES string of the molecule is CCCC1CCC(c2ccc(CC3(c4ccccc4)Oc4ccccc4O3)cc2)CC1. The molecule has 160 valence electrons. The summed E-state index contributed by atoms with van der Waals surface area (Å²) in [6.45, 7) is 2.31. The first-order chi connectivity index (χ1) is 15.3. The van der Waals surface area contributed by atoms with E-state index in [0.717, 1.165) is 23.0 Å². The molecule has 2 heteroatoms. The molecule has 1 aliphatic heterocycles. The van der Waals surface area contributed by atoms with Gasteiger partial charge < -0.3 is 9.47 Å². The van der Waals surface area contributed by atoms with E-state index in [1.165, 1.54) is 49.7 Å². The average Bonchev–Trinajstić information content (AvgIpc) is 3.20. The normalized spacial score (nSPS) is 21.7. The van der Waals surface area contributed by atoms with Gasteiger partial charge in [-0.3, -0.25) is 0 Å². The van der Waals surface area contributed by atoms with Crippen molar-refractivity contribution in [2.45, 2.75) is 63.6 Å². The monoisotopic (exact) mass is 412 g/mol. The van der Waals surface area contributed by atoms with E-state index in [1.807, 2.05) is 42.5 Å². The molecule has 1 aliphatic carbocycles. The molecule has 3 aromatic carbocycles. The second kappa shape index (κ2) is 8.78. The molecular formula is C29H32O2. The largest absolute Gasteiger partial charge is 0.444 e. The minimum Gasteiger partial charge on any atom is -0.444 e. The summed E-state index contributed by atoms with van der Waals surface area (Å²) in [5, 5.41) is 0. The summed E-state index contributed by atoms with van der Waals surface area (Å²) >= 11 is 0. The number of benzene rings is 3. The third-order valence-electron chi connectivity index (χ3n) is 7.04. The van der Waals surface area contributed by atoms with Crippen LogP contribution in [-0.2, 0) is 12.2 Å². The van der Waals surface area contributed by atoms with E-state index < -0.39 is 5.79 Å². The fraction of sp³-hybridized carbons (Fsp3) is 0.379. The third-order valence-corrected chi connectivity index (χ3v) is 7.04.